The third-order valence-corrected chi connectivity index (χ3v) is 7.74. The summed E-state index contributed by atoms with van der Waals surface area (Å²) in [6.45, 7) is 3.38. The number of nitrogens with zero attached hydrogens (tertiary/aromatic N) is 1. The first-order valence-electron chi connectivity index (χ1n) is 12.9. The minimum absolute atomic E-state index is 0.0519. The summed E-state index contributed by atoms with van der Waals surface area (Å²) in [5.41, 5.74) is 3.10. The Morgan fingerprint density at radius 3 is 2.69 bits per heavy atom. The molecule has 0 aliphatic heterocycles. The van der Waals surface area contributed by atoms with Gasteiger partial charge in [-0.05, 0) is 54.0 Å². The van der Waals surface area contributed by atoms with Crippen molar-refractivity contribution in [2.24, 2.45) is 5.92 Å². The van der Waals surface area contributed by atoms with Crippen molar-refractivity contribution in [2.45, 2.75) is 63.5 Å². The highest BCUT2D eigenvalue weighted by Crippen LogP contribution is 2.47. The van der Waals surface area contributed by atoms with Gasteiger partial charge in [-0.25, -0.2) is 9.59 Å². The minimum Gasteiger partial charge on any atom is -0.445 e. The van der Waals surface area contributed by atoms with Gasteiger partial charge in [-0.1, -0.05) is 62.6 Å². The summed E-state index contributed by atoms with van der Waals surface area (Å²) < 4.78 is 16.4. The van der Waals surface area contributed by atoms with E-state index in [2.05, 4.69) is 18.3 Å². The van der Waals surface area contributed by atoms with E-state index in [-0.39, 0.29) is 24.2 Å². The number of likely N-dealkylation sites (N-methyl/N-ethyl adjacent to an activating group) is 1. The Morgan fingerprint density at radius 1 is 1.11 bits per heavy atom. The molecule has 7 nitrogen and oxygen atoms in total. The monoisotopic (exact) mass is 494 g/mol. The molecule has 0 saturated heterocycles. The maximum Gasteiger partial charge on any atom is 0.415 e. The fourth-order valence-corrected chi connectivity index (χ4v) is 5.72. The third-order valence-electron chi connectivity index (χ3n) is 7.74. The topological polar surface area (TPSA) is 77.1 Å². The number of methoxy groups -OCH3 is 1. The summed E-state index contributed by atoms with van der Waals surface area (Å²) in [5.74, 6) is 0.857. The molecule has 0 radical (unpaired) electrons. The van der Waals surface area contributed by atoms with Crippen LogP contribution in [0.15, 0.2) is 48.5 Å². The minimum atomic E-state index is -0.414. The van der Waals surface area contributed by atoms with E-state index in [4.69, 9.17) is 14.2 Å². The second kappa shape index (κ2) is 11.8. The van der Waals surface area contributed by atoms with Crippen LogP contribution in [0.5, 0.6) is 5.75 Å². The van der Waals surface area contributed by atoms with Gasteiger partial charge < -0.3 is 24.4 Å². The molecule has 1 N–H and O–H groups in total. The van der Waals surface area contributed by atoms with Crippen LogP contribution >= 0.6 is 0 Å². The Bertz CT molecular complexity index is 1040. The van der Waals surface area contributed by atoms with Crippen LogP contribution in [0.1, 0.15) is 55.7 Å². The molecular formula is C29H38N2O5. The van der Waals surface area contributed by atoms with Crippen LogP contribution in [0.25, 0.3) is 0 Å². The molecule has 2 amide bonds. The second-order valence-electron chi connectivity index (χ2n) is 10.3. The molecule has 2 aliphatic carbocycles. The van der Waals surface area contributed by atoms with E-state index in [9.17, 15) is 9.59 Å². The molecule has 2 aromatic carbocycles. The van der Waals surface area contributed by atoms with Crippen LogP contribution in [0.4, 0.5) is 9.59 Å². The second-order valence-corrected chi connectivity index (χ2v) is 10.3. The highest BCUT2D eigenvalue weighted by molar-refractivity contribution is 5.71. The fourth-order valence-electron chi connectivity index (χ4n) is 5.72. The van der Waals surface area contributed by atoms with Gasteiger partial charge in [0, 0.05) is 32.2 Å². The van der Waals surface area contributed by atoms with Crippen molar-refractivity contribution in [2.75, 3.05) is 27.3 Å². The maximum atomic E-state index is 12.9. The summed E-state index contributed by atoms with van der Waals surface area (Å²) in [6, 6.07) is 15.6. The molecule has 36 heavy (non-hydrogen) atoms. The molecular weight excluding hydrogens is 456 g/mol. The first-order chi connectivity index (χ1) is 17.4. The largest absolute Gasteiger partial charge is 0.445 e. The van der Waals surface area contributed by atoms with Crippen LogP contribution < -0.4 is 10.1 Å². The van der Waals surface area contributed by atoms with Gasteiger partial charge in [0.2, 0.25) is 0 Å². The predicted octanol–water partition coefficient (Wildman–Crippen LogP) is 5.45. The summed E-state index contributed by atoms with van der Waals surface area (Å²) in [6.07, 6.45) is 5.54. The molecule has 2 bridgehead atoms. The number of hydrogen-bond donors (Lipinski definition) is 1. The Labute approximate surface area is 214 Å². The Morgan fingerprint density at radius 2 is 1.92 bits per heavy atom. The Hall–Kier alpha value is -3.06. The SMILES string of the molecule is COCCN(C)C(=O)Oc1ccc2c(c1)[C@@]1(C)CCCCC[C@@H](C2)[C@@H]1NC(=O)OCc1ccccc1. The van der Waals surface area contributed by atoms with Gasteiger partial charge in [0.1, 0.15) is 12.4 Å². The van der Waals surface area contributed by atoms with Crippen molar-refractivity contribution >= 4 is 12.2 Å². The van der Waals surface area contributed by atoms with Gasteiger partial charge in [-0.2, -0.15) is 0 Å². The summed E-state index contributed by atoms with van der Waals surface area (Å²) in [5, 5.41) is 3.25. The van der Waals surface area contributed by atoms with E-state index in [1.54, 1.807) is 14.2 Å². The zero-order valence-corrected chi connectivity index (χ0v) is 21.6. The fraction of sp³-hybridized carbons (Fsp3) is 0.517. The summed E-state index contributed by atoms with van der Waals surface area (Å²) in [7, 11) is 3.30. The molecule has 0 aromatic heterocycles. The van der Waals surface area contributed by atoms with Crippen molar-refractivity contribution in [1.82, 2.24) is 10.2 Å². The number of hydrogen-bond acceptors (Lipinski definition) is 5. The van der Waals surface area contributed by atoms with Gasteiger partial charge in [0.25, 0.3) is 0 Å². The molecule has 1 fully saturated rings. The van der Waals surface area contributed by atoms with Gasteiger partial charge >= 0.3 is 12.2 Å². The molecule has 1 saturated carbocycles. The van der Waals surface area contributed by atoms with Crippen LogP contribution in [0.2, 0.25) is 0 Å². The summed E-state index contributed by atoms with van der Waals surface area (Å²) >= 11 is 0. The molecule has 3 atom stereocenters. The predicted molar refractivity (Wildman–Crippen MR) is 138 cm³/mol. The van der Waals surface area contributed by atoms with Crippen molar-refractivity contribution in [3.05, 3.63) is 65.2 Å². The highest BCUT2D eigenvalue weighted by atomic mass is 16.6. The molecule has 7 heteroatoms. The van der Waals surface area contributed by atoms with Crippen LogP contribution in [-0.2, 0) is 27.9 Å². The number of alkyl carbamates (subject to hydrolysis) is 1. The van der Waals surface area contributed by atoms with E-state index >= 15 is 0 Å². The van der Waals surface area contributed by atoms with E-state index < -0.39 is 6.09 Å². The standard InChI is InChI=1S/C29H38N2O5/c1-29-15-9-5-8-12-23(26(29)30-27(32)35-20-21-10-6-4-7-11-21)18-22-13-14-24(19-25(22)29)36-28(33)31(2)16-17-34-3/h4,6-7,10-11,13-14,19,23,26H,5,8-9,12,15-18,20H2,1-3H3,(H,30,32)/t23-,26-,29+/m0/s1. The zero-order chi connectivity index (χ0) is 25.5. The van der Waals surface area contributed by atoms with Crippen LogP contribution in [0, 0.1) is 5.92 Å². The number of benzene rings is 2. The number of ether oxygens (including phenoxy) is 3. The van der Waals surface area contributed by atoms with Crippen molar-refractivity contribution in [3.63, 3.8) is 0 Å². The Kier molecular flexibility index (Phi) is 8.52. The number of nitrogens with one attached hydrogen (secondary N) is 1. The molecule has 0 spiro atoms. The quantitative estimate of drug-likeness (QED) is 0.554. The Balaban J connectivity index is 1.54. The summed E-state index contributed by atoms with van der Waals surface area (Å²) in [4.78, 5) is 27.0. The molecule has 4 rings (SSSR count). The number of fused-ring (bicyclic) bond motifs is 4. The van der Waals surface area contributed by atoms with E-state index in [0.717, 1.165) is 43.2 Å². The highest BCUT2D eigenvalue weighted by Gasteiger charge is 2.47. The van der Waals surface area contributed by atoms with Crippen molar-refractivity contribution in [3.8, 4) is 5.75 Å². The van der Waals surface area contributed by atoms with E-state index in [1.807, 2.05) is 42.5 Å². The number of carbonyl (C=O) groups is 2. The molecule has 2 aliphatic rings. The average Bonchev–Trinajstić information content (AvgIpc) is 2.88. The van der Waals surface area contributed by atoms with E-state index in [1.165, 1.54) is 16.9 Å². The average molecular weight is 495 g/mol. The molecule has 194 valence electrons. The lowest BCUT2D eigenvalue weighted by atomic mass is 9.59. The van der Waals surface area contributed by atoms with Gasteiger partial charge in [-0.3, -0.25) is 0 Å². The first kappa shape index (κ1) is 26.0. The third kappa shape index (κ3) is 6.01. The number of carbonyl (C=O) groups excluding carboxylic acids is 2. The van der Waals surface area contributed by atoms with Gasteiger partial charge in [0.05, 0.1) is 6.61 Å². The lowest BCUT2D eigenvalue weighted by molar-refractivity contribution is 0.109. The molecule has 0 heterocycles. The van der Waals surface area contributed by atoms with Crippen molar-refractivity contribution in [1.29, 1.82) is 0 Å². The van der Waals surface area contributed by atoms with E-state index in [0.29, 0.717) is 24.8 Å². The van der Waals surface area contributed by atoms with Gasteiger partial charge in [-0.15, -0.1) is 0 Å². The number of rotatable bonds is 7. The molecule has 0 unspecified atom stereocenters. The normalized spacial score (nSPS) is 23.0. The van der Waals surface area contributed by atoms with Crippen LogP contribution in [-0.4, -0.2) is 50.4 Å². The maximum absolute atomic E-state index is 12.9. The number of amides is 2. The van der Waals surface area contributed by atoms with Crippen LogP contribution in [0.3, 0.4) is 0 Å². The van der Waals surface area contributed by atoms with Crippen molar-refractivity contribution < 1.29 is 23.8 Å². The smallest absolute Gasteiger partial charge is 0.415 e. The zero-order valence-electron chi connectivity index (χ0n) is 21.6. The lowest BCUT2D eigenvalue weighted by Crippen LogP contribution is -2.57. The van der Waals surface area contributed by atoms with Gasteiger partial charge in [0.15, 0.2) is 0 Å². The lowest BCUT2D eigenvalue weighted by Gasteiger charge is -2.49. The molecule has 2 aromatic rings. The first-order valence-corrected chi connectivity index (χ1v) is 12.9.